The van der Waals surface area contributed by atoms with E-state index >= 15 is 4.39 Å². The molecule has 5 nitrogen and oxygen atoms in total. The summed E-state index contributed by atoms with van der Waals surface area (Å²) in [4.78, 5) is 24.0. The lowest BCUT2D eigenvalue weighted by molar-refractivity contribution is 0.0695. The molecule has 2 aliphatic rings. The van der Waals surface area contributed by atoms with Crippen molar-refractivity contribution in [3.05, 3.63) is 69.3 Å². The Morgan fingerprint density at radius 1 is 1.15 bits per heavy atom. The number of halogens is 1. The van der Waals surface area contributed by atoms with Crippen LogP contribution in [0.15, 0.2) is 41.3 Å². The zero-order valence-corrected chi connectivity index (χ0v) is 14.5. The molecule has 1 aromatic heterocycles. The Morgan fingerprint density at radius 3 is 2.67 bits per heavy atom. The van der Waals surface area contributed by atoms with Crippen LogP contribution in [-0.2, 0) is 13.1 Å². The number of carbonyl (C=O) groups is 1. The average Bonchev–Trinajstić information content (AvgIpc) is 3.39. The van der Waals surface area contributed by atoms with Crippen molar-refractivity contribution in [3.8, 4) is 11.1 Å². The van der Waals surface area contributed by atoms with Crippen molar-refractivity contribution < 1.29 is 14.3 Å². The summed E-state index contributed by atoms with van der Waals surface area (Å²) in [6, 6.07) is 9.03. The van der Waals surface area contributed by atoms with E-state index in [-0.39, 0.29) is 22.5 Å². The lowest BCUT2D eigenvalue weighted by Gasteiger charge is -2.15. The van der Waals surface area contributed by atoms with Gasteiger partial charge >= 0.3 is 5.97 Å². The molecule has 0 spiro atoms. The Balaban J connectivity index is 1.78. The van der Waals surface area contributed by atoms with E-state index in [4.69, 9.17) is 0 Å². The quantitative estimate of drug-likeness (QED) is 0.747. The number of rotatable bonds is 3. The lowest BCUT2D eigenvalue weighted by atomic mass is 9.98. The zero-order chi connectivity index (χ0) is 18.7. The van der Waals surface area contributed by atoms with Crippen LogP contribution in [0.1, 0.15) is 40.4 Å². The van der Waals surface area contributed by atoms with Crippen molar-refractivity contribution in [2.75, 3.05) is 0 Å². The fraction of sp³-hybridized carbons (Fsp3) is 0.238. The zero-order valence-electron chi connectivity index (χ0n) is 14.5. The summed E-state index contributed by atoms with van der Waals surface area (Å²) in [6.07, 6.45) is 3.00. The molecular weight excluding hydrogens is 347 g/mol. The van der Waals surface area contributed by atoms with E-state index in [0.717, 1.165) is 37.1 Å². The SMILES string of the molecule is O=C(O)c1cn(C2CC2)c2c(F)c(-c3ccc4c(c3)CNC4)ccc2c1=O. The highest BCUT2D eigenvalue weighted by atomic mass is 19.1. The van der Waals surface area contributed by atoms with Crippen molar-refractivity contribution in [1.82, 2.24) is 9.88 Å². The predicted octanol–water partition coefficient (Wildman–Crippen LogP) is 3.44. The molecule has 0 amide bonds. The highest BCUT2D eigenvalue weighted by Crippen LogP contribution is 2.39. The molecular formula is C21H17FN2O3. The number of carboxylic acids is 1. The molecule has 3 aromatic rings. The van der Waals surface area contributed by atoms with Crippen molar-refractivity contribution in [3.63, 3.8) is 0 Å². The molecule has 27 heavy (non-hydrogen) atoms. The Bertz CT molecular complexity index is 1180. The number of nitrogens with zero attached hydrogens (tertiary/aromatic N) is 1. The monoisotopic (exact) mass is 364 g/mol. The first kappa shape index (κ1) is 16.2. The minimum Gasteiger partial charge on any atom is -0.477 e. The van der Waals surface area contributed by atoms with Gasteiger partial charge in [0.1, 0.15) is 5.56 Å². The molecule has 1 aliphatic heterocycles. The second-order valence-electron chi connectivity index (χ2n) is 7.23. The first-order chi connectivity index (χ1) is 13.0. The van der Waals surface area contributed by atoms with Crippen LogP contribution in [0.3, 0.4) is 0 Å². The number of carboxylic acid groups (broad SMARTS) is 1. The predicted molar refractivity (Wildman–Crippen MR) is 99.4 cm³/mol. The summed E-state index contributed by atoms with van der Waals surface area (Å²) >= 11 is 0. The number of aromatic nitrogens is 1. The fourth-order valence-electron chi connectivity index (χ4n) is 3.89. The number of pyridine rings is 1. The van der Waals surface area contributed by atoms with Gasteiger partial charge in [-0.25, -0.2) is 9.18 Å². The van der Waals surface area contributed by atoms with Crippen LogP contribution >= 0.6 is 0 Å². The van der Waals surface area contributed by atoms with Gasteiger partial charge in [0.2, 0.25) is 5.43 Å². The Hall–Kier alpha value is -2.99. The van der Waals surface area contributed by atoms with Gasteiger partial charge in [0, 0.05) is 36.3 Å². The van der Waals surface area contributed by atoms with Crippen LogP contribution in [0.5, 0.6) is 0 Å². The van der Waals surface area contributed by atoms with Crippen LogP contribution in [0.4, 0.5) is 4.39 Å². The summed E-state index contributed by atoms with van der Waals surface area (Å²) in [5.41, 5.74) is 2.78. The molecule has 0 atom stereocenters. The highest BCUT2D eigenvalue weighted by Gasteiger charge is 2.29. The first-order valence-corrected chi connectivity index (χ1v) is 8.98. The Morgan fingerprint density at radius 2 is 1.93 bits per heavy atom. The molecule has 0 radical (unpaired) electrons. The second kappa shape index (κ2) is 5.76. The van der Waals surface area contributed by atoms with E-state index in [2.05, 4.69) is 5.32 Å². The van der Waals surface area contributed by atoms with Crippen LogP contribution < -0.4 is 10.7 Å². The lowest BCUT2D eigenvalue weighted by Crippen LogP contribution is -2.19. The molecule has 0 saturated heterocycles. The normalized spacial score (nSPS) is 15.9. The molecule has 6 heteroatoms. The largest absolute Gasteiger partial charge is 0.477 e. The van der Waals surface area contributed by atoms with E-state index in [1.807, 2.05) is 18.2 Å². The maximum absolute atomic E-state index is 15.5. The van der Waals surface area contributed by atoms with Gasteiger partial charge in [-0.05, 0) is 41.7 Å². The molecule has 1 aliphatic carbocycles. The van der Waals surface area contributed by atoms with E-state index in [0.29, 0.717) is 5.56 Å². The van der Waals surface area contributed by atoms with Gasteiger partial charge < -0.3 is 15.0 Å². The van der Waals surface area contributed by atoms with E-state index in [9.17, 15) is 14.7 Å². The summed E-state index contributed by atoms with van der Waals surface area (Å²) in [6.45, 7) is 1.57. The number of hydrogen-bond acceptors (Lipinski definition) is 3. The number of aromatic carboxylic acids is 1. The van der Waals surface area contributed by atoms with Gasteiger partial charge in [-0.3, -0.25) is 4.79 Å². The van der Waals surface area contributed by atoms with Gasteiger partial charge in [-0.15, -0.1) is 0 Å². The minimum atomic E-state index is -1.29. The molecule has 2 N–H and O–H groups in total. The number of nitrogens with one attached hydrogen (secondary N) is 1. The molecule has 1 saturated carbocycles. The highest BCUT2D eigenvalue weighted by molar-refractivity contribution is 5.94. The number of fused-ring (bicyclic) bond motifs is 2. The summed E-state index contributed by atoms with van der Waals surface area (Å²) in [7, 11) is 0. The van der Waals surface area contributed by atoms with Gasteiger partial charge in [-0.1, -0.05) is 18.2 Å². The third-order valence-corrected chi connectivity index (χ3v) is 5.45. The summed E-state index contributed by atoms with van der Waals surface area (Å²) in [5, 5.41) is 12.7. The molecule has 0 bridgehead atoms. The van der Waals surface area contributed by atoms with Gasteiger partial charge in [0.25, 0.3) is 0 Å². The van der Waals surface area contributed by atoms with Crippen molar-refractivity contribution in [2.45, 2.75) is 32.0 Å². The molecule has 2 heterocycles. The third kappa shape index (κ3) is 2.48. The maximum atomic E-state index is 15.5. The Labute approximate surface area is 154 Å². The smallest absolute Gasteiger partial charge is 0.341 e. The third-order valence-electron chi connectivity index (χ3n) is 5.45. The van der Waals surface area contributed by atoms with Crippen molar-refractivity contribution in [1.29, 1.82) is 0 Å². The van der Waals surface area contributed by atoms with Gasteiger partial charge in [0.05, 0.1) is 5.52 Å². The summed E-state index contributed by atoms with van der Waals surface area (Å²) < 4.78 is 17.2. The first-order valence-electron chi connectivity index (χ1n) is 8.98. The average molecular weight is 364 g/mol. The van der Waals surface area contributed by atoms with Crippen molar-refractivity contribution >= 4 is 16.9 Å². The molecule has 2 aromatic carbocycles. The van der Waals surface area contributed by atoms with Crippen LogP contribution in [0.2, 0.25) is 0 Å². The molecule has 136 valence electrons. The van der Waals surface area contributed by atoms with Crippen molar-refractivity contribution in [2.24, 2.45) is 0 Å². The van der Waals surface area contributed by atoms with Gasteiger partial charge in [-0.2, -0.15) is 0 Å². The Kier molecular flexibility index (Phi) is 3.45. The second-order valence-corrected chi connectivity index (χ2v) is 7.23. The van der Waals surface area contributed by atoms with E-state index in [1.54, 1.807) is 16.7 Å². The van der Waals surface area contributed by atoms with E-state index < -0.39 is 17.2 Å². The van der Waals surface area contributed by atoms with E-state index in [1.165, 1.54) is 11.8 Å². The molecule has 1 fully saturated rings. The standard InChI is InChI=1S/C21H17FN2O3/c22-18-15(11-1-2-12-8-23-9-13(12)7-11)5-6-16-19(18)24(14-3-4-14)10-17(20(16)25)21(26)27/h1-2,5-7,10,14,23H,3-4,8-9H2,(H,26,27). The maximum Gasteiger partial charge on any atom is 0.341 e. The van der Waals surface area contributed by atoms with Crippen LogP contribution in [-0.4, -0.2) is 15.6 Å². The van der Waals surface area contributed by atoms with Crippen LogP contribution in [0.25, 0.3) is 22.0 Å². The van der Waals surface area contributed by atoms with Crippen LogP contribution in [0, 0.1) is 5.82 Å². The minimum absolute atomic E-state index is 0.0418. The molecule has 0 unspecified atom stereocenters. The topological polar surface area (TPSA) is 71.3 Å². The van der Waals surface area contributed by atoms with Gasteiger partial charge in [0.15, 0.2) is 5.82 Å². The number of hydrogen-bond donors (Lipinski definition) is 2. The molecule has 5 rings (SSSR count). The number of benzene rings is 2. The fourth-order valence-corrected chi connectivity index (χ4v) is 3.89. The summed E-state index contributed by atoms with van der Waals surface area (Å²) in [5.74, 6) is -1.76.